The van der Waals surface area contributed by atoms with Crippen molar-refractivity contribution in [3.05, 3.63) is 32.5 Å². The molecule has 1 N–H and O–H groups in total. The fourth-order valence-corrected chi connectivity index (χ4v) is 2.83. The molecule has 7 heteroatoms. The van der Waals surface area contributed by atoms with Crippen LogP contribution in [0.2, 0.25) is 5.02 Å². The molecule has 0 atom stereocenters. The molecule has 1 fully saturated rings. The lowest BCUT2D eigenvalue weighted by atomic mass is 10.1. The molecule has 1 aromatic carbocycles. The van der Waals surface area contributed by atoms with E-state index in [9.17, 15) is 13.2 Å². The van der Waals surface area contributed by atoms with Gasteiger partial charge < -0.3 is 10.2 Å². The molecule has 2 nitrogen and oxygen atoms in total. The molecule has 1 saturated heterocycles. The molecule has 0 aromatic heterocycles. The van der Waals surface area contributed by atoms with E-state index in [1.54, 1.807) is 0 Å². The Morgan fingerprint density at radius 2 is 1.74 bits per heavy atom. The summed E-state index contributed by atoms with van der Waals surface area (Å²) in [5.74, 6) is -3.25. The van der Waals surface area contributed by atoms with Crippen LogP contribution in [0, 0.1) is 17.5 Å². The number of halogens is 5. The van der Waals surface area contributed by atoms with Gasteiger partial charge >= 0.3 is 0 Å². The predicted octanol–water partition coefficient (Wildman–Crippen LogP) is 2.97. The van der Waals surface area contributed by atoms with Gasteiger partial charge in [0.25, 0.3) is 0 Å². The van der Waals surface area contributed by atoms with Gasteiger partial charge in [0.1, 0.15) is 0 Å². The first kappa shape index (κ1) is 15.1. The molecule has 2 rings (SSSR count). The molecule has 1 aliphatic heterocycles. The number of rotatable bonds is 3. The molecular weight excluding hydrogens is 344 g/mol. The van der Waals surface area contributed by atoms with Gasteiger partial charge in [-0.2, -0.15) is 0 Å². The Morgan fingerprint density at radius 3 is 2.37 bits per heavy atom. The van der Waals surface area contributed by atoms with Crippen LogP contribution in [-0.4, -0.2) is 37.6 Å². The topological polar surface area (TPSA) is 15.3 Å². The quantitative estimate of drug-likeness (QED) is 0.661. The predicted molar refractivity (Wildman–Crippen MR) is 72.0 cm³/mol. The summed E-state index contributed by atoms with van der Waals surface area (Å²) in [7, 11) is 0. The number of hydrogen-bond donors (Lipinski definition) is 1. The molecule has 106 valence electrons. The minimum atomic E-state index is -1.22. The van der Waals surface area contributed by atoms with Crippen molar-refractivity contribution >= 4 is 27.5 Å². The summed E-state index contributed by atoms with van der Waals surface area (Å²) < 4.78 is 40.3. The zero-order valence-corrected chi connectivity index (χ0v) is 12.4. The molecule has 0 amide bonds. The Balaban J connectivity index is 2.15. The van der Waals surface area contributed by atoms with Crippen molar-refractivity contribution in [2.75, 3.05) is 32.7 Å². The normalized spacial score (nSPS) is 16.9. The zero-order valence-electron chi connectivity index (χ0n) is 10.1. The van der Waals surface area contributed by atoms with E-state index in [0.717, 1.165) is 26.2 Å². The molecular formula is C12H13BrClF3N2. The van der Waals surface area contributed by atoms with Crippen LogP contribution in [0.4, 0.5) is 13.2 Å². The minimum Gasteiger partial charge on any atom is -0.314 e. The van der Waals surface area contributed by atoms with E-state index in [-0.39, 0.29) is 17.0 Å². The Hall–Kier alpha value is -0.300. The van der Waals surface area contributed by atoms with Crippen LogP contribution in [-0.2, 0) is 6.42 Å². The number of nitrogens with one attached hydrogen (secondary N) is 1. The van der Waals surface area contributed by atoms with Gasteiger partial charge in [-0.25, -0.2) is 13.2 Å². The second-order valence-corrected chi connectivity index (χ2v) is 5.56. The Morgan fingerprint density at radius 1 is 1.11 bits per heavy atom. The van der Waals surface area contributed by atoms with Gasteiger partial charge in [-0.15, -0.1) is 0 Å². The molecule has 0 radical (unpaired) electrons. The molecule has 0 aliphatic carbocycles. The standard InChI is InChI=1S/C12H13BrClF3N2/c13-8-11(16)9(14)7(10(15)12(8)17)1-4-19-5-2-18-3-6-19/h18H,1-6H2. The van der Waals surface area contributed by atoms with Gasteiger partial charge in [-0.05, 0) is 22.4 Å². The van der Waals surface area contributed by atoms with Crippen molar-refractivity contribution in [1.82, 2.24) is 10.2 Å². The van der Waals surface area contributed by atoms with Crippen LogP contribution in [0.3, 0.4) is 0 Å². The summed E-state index contributed by atoms with van der Waals surface area (Å²) in [6.07, 6.45) is 0.186. The maximum absolute atomic E-state index is 13.8. The molecule has 0 saturated carbocycles. The second kappa shape index (κ2) is 6.43. The lowest BCUT2D eigenvalue weighted by molar-refractivity contribution is 0.243. The highest BCUT2D eigenvalue weighted by atomic mass is 79.9. The van der Waals surface area contributed by atoms with Crippen LogP contribution in [0.15, 0.2) is 4.47 Å². The fraction of sp³-hybridized carbons (Fsp3) is 0.500. The first-order chi connectivity index (χ1) is 9.02. The van der Waals surface area contributed by atoms with E-state index < -0.39 is 21.9 Å². The third kappa shape index (κ3) is 3.24. The van der Waals surface area contributed by atoms with Crippen LogP contribution < -0.4 is 5.32 Å². The van der Waals surface area contributed by atoms with E-state index in [1.807, 2.05) is 0 Å². The first-order valence-corrected chi connectivity index (χ1v) is 7.13. The third-order valence-electron chi connectivity index (χ3n) is 3.19. The summed E-state index contributed by atoms with van der Waals surface area (Å²) in [5.41, 5.74) is -0.0987. The summed E-state index contributed by atoms with van der Waals surface area (Å²) in [6, 6.07) is 0. The molecule has 19 heavy (non-hydrogen) atoms. The summed E-state index contributed by atoms with van der Waals surface area (Å²) in [5, 5.41) is 2.85. The molecule has 1 aromatic rings. The van der Waals surface area contributed by atoms with Gasteiger partial charge in [-0.1, -0.05) is 11.6 Å². The van der Waals surface area contributed by atoms with Crippen molar-refractivity contribution in [3.8, 4) is 0 Å². The SMILES string of the molecule is Fc1c(F)c(CCN2CCNCC2)c(Cl)c(F)c1Br. The van der Waals surface area contributed by atoms with E-state index in [1.165, 1.54) is 0 Å². The van der Waals surface area contributed by atoms with Gasteiger partial charge in [0.2, 0.25) is 0 Å². The van der Waals surface area contributed by atoms with Crippen LogP contribution >= 0.6 is 27.5 Å². The van der Waals surface area contributed by atoms with Gasteiger partial charge in [0.05, 0.1) is 9.50 Å². The molecule has 1 heterocycles. The van der Waals surface area contributed by atoms with Crippen LogP contribution in [0.1, 0.15) is 5.56 Å². The second-order valence-electron chi connectivity index (χ2n) is 4.39. The van der Waals surface area contributed by atoms with E-state index in [0.29, 0.717) is 6.54 Å². The lowest BCUT2D eigenvalue weighted by Gasteiger charge is -2.27. The number of nitrogens with zero attached hydrogens (tertiary/aromatic N) is 1. The van der Waals surface area contributed by atoms with Crippen molar-refractivity contribution in [2.24, 2.45) is 0 Å². The van der Waals surface area contributed by atoms with E-state index in [4.69, 9.17) is 11.6 Å². The maximum Gasteiger partial charge on any atom is 0.176 e. The number of benzene rings is 1. The van der Waals surface area contributed by atoms with Crippen molar-refractivity contribution < 1.29 is 13.2 Å². The molecule has 1 aliphatic rings. The van der Waals surface area contributed by atoms with Crippen molar-refractivity contribution in [1.29, 1.82) is 0 Å². The highest BCUT2D eigenvalue weighted by Gasteiger charge is 2.23. The number of piperazine rings is 1. The summed E-state index contributed by atoms with van der Waals surface area (Å²) >= 11 is 8.40. The average Bonchev–Trinajstić information content (AvgIpc) is 2.44. The molecule has 0 spiro atoms. The lowest BCUT2D eigenvalue weighted by Crippen LogP contribution is -2.44. The van der Waals surface area contributed by atoms with Gasteiger partial charge in [0.15, 0.2) is 17.5 Å². The van der Waals surface area contributed by atoms with E-state index >= 15 is 0 Å². The largest absolute Gasteiger partial charge is 0.314 e. The van der Waals surface area contributed by atoms with Crippen molar-refractivity contribution in [3.63, 3.8) is 0 Å². The zero-order chi connectivity index (χ0) is 14.0. The smallest absolute Gasteiger partial charge is 0.176 e. The molecule has 0 bridgehead atoms. The van der Waals surface area contributed by atoms with Gasteiger partial charge in [-0.3, -0.25) is 0 Å². The van der Waals surface area contributed by atoms with Crippen molar-refractivity contribution in [2.45, 2.75) is 6.42 Å². The summed E-state index contributed by atoms with van der Waals surface area (Å²) in [4.78, 5) is 2.10. The number of hydrogen-bond acceptors (Lipinski definition) is 2. The molecule has 0 unspecified atom stereocenters. The van der Waals surface area contributed by atoms with Gasteiger partial charge in [0, 0.05) is 38.3 Å². The Labute approximate surface area is 123 Å². The Bertz CT molecular complexity index is 450. The Kier molecular flexibility index (Phi) is 5.11. The first-order valence-electron chi connectivity index (χ1n) is 5.95. The highest BCUT2D eigenvalue weighted by molar-refractivity contribution is 9.10. The van der Waals surface area contributed by atoms with Crippen LogP contribution in [0.25, 0.3) is 0 Å². The monoisotopic (exact) mass is 356 g/mol. The minimum absolute atomic E-state index is 0.0987. The fourth-order valence-electron chi connectivity index (χ4n) is 2.07. The van der Waals surface area contributed by atoms with E-state index in [2.05, 4.69) is 26.1 Å². The maximum atomic E-state index is 13.8. The summed E-state index contributed by atoms with van der Waals surface area (Å²) in [6.45, 7) is 3.92. The average molecular weight is 358 g/mol. The van der Waals surface area contributed by atoms with Crippen LogP contribution in [0.5, 0.6) is 0 Å². The highest BCUT2D eigenvalue weighted by Crippen LogP contribution is 2.32. The third-order valence-corrected chi connectivity index (χ3v) is 4.28.